The highest BCUT2D eigenvalue weighted by molar-refractivity contribution is 6.07. The van der Waals surface area contributed by atoms with Crippen molar-refractivity contribution >= 4 is 21.9 Å². The van der Waals surface area contributed by atoms with Crippen LogP contribution in [0.25, 0.3) is 33.2 Å². The molecule has 4 aromatic rings. The van der Waals surface area contributed by atoms with E-state index in [-0.39, 0.29) is 5.82 Å². The second-order valence-electron chi connectivity index (χ2n) is 4.47. The van der Waals surface area contributed by atoms with Gasteiger partial charge in [0.2, 0.25) is 0 Å². The first kappa shape index (κ1) is 10.3. The van der Waals surface area contributed by atoms with E-state index < -0.39 is 0 Å². The lowest BCUT2D eigenvalue weighted by Crippen LogP contribution is -1.89. The molecule has 0 unspecified atom stereocenters. The van der Waals surface area contributed by atoms with Crippen molar-refractivity contribution in [3.63, 3.8) is 0 Å². The predicted octanol–water partition coefficient (Wildman–Crippen LogP) is 3.85. The molecule has 0 amide bonds. The van der Waals surface area contributed by atoms with E-state index in [1.807, 2.05) is 30.6 Å². The SMILES string of the molecule is Fc1ccc2nc3cc[nH]c3c(-c3ccc[nH]3)c2c1. The van der Waals surface area contributed by atoms with Gasteiger partial charge in [-0.25, -0.2) is 9.37 Å². The zero-order valence-electron chi connectivity index (χ0n) is 9.94. The molecule has 0 radical (unpaired) electrons. The van der Waals surface area contributed by atoms with Crippen LogP contribution in [0.4, 0.5) is 4.39 Å². The van der Waals surface area contributed by atoms with Crippen molar-refractivity contribution in [3.05, 3.63) is 54.6 Å². The Morgan fingerprint density at radius 2 is 1.89 bits per heavy atom. The normalized spacial score (nSPS) is 11.4. The van der Waals surface area contributed by atoms with Crippen LogP contribution >= 0.6 is 0 Å². The number of nitrogens with one attached hydrogen (secondary N) is 2. The molecule has 0 aliphatic carbocycles. The molecular weight excluding hydrogens is 241 g/mol. The number of hydrogen-bond donors (Lipinski definition) is 2. The Morgan fingerprint density at radius 1 is 0.947 bits per heavy atom. The summed E-state index contributed by atoms with van der Waals surface area (Å²) in [7, 11) is 0. The summed E-state index contributed by atoms with van der Waals surface area (Å²) in [4.78, 5) is 10.9. The standard InChI is InChI=1S/C15H10FN3/c16-9-3-4-11-10(8-9)14(12-2-1-6-17-12)15-13(19-11)5-7-18-15/h1-8,17-18H. The van der Waals surface area contributed by atoms with Gasteiger partial charge in [0.15, 0.2) is 0 Å². The molecule has 0 aliphatic heterocycles. The van der Waals surface area contributed by atoms with Crippen molar-refractivity contribution in [3.8, 4) is 11.3 Å². The van der Waals surface area contributed by atoms with Crippen LogP contribution < -0.4 is 0 Å². The van der Waals surface area contributed by atoms with Crippen LogP contribution in [-0.2, 0) is 0 Å². The molecule has 0 aliphatic rings. The molecule has 0 fully saturated rings. The summed E-state index contributed by atoms with van der Waals surface area (Å²) in [6.45, 7) is 0. The van der Waals surface area contributed by atoms with E-state index in [1.165, 1.54) is 12.1 Å². The lowest BCUT2D eigenvalue weighted by molar-refractivity contribution is 0.629. The summed E-state index contributed by atoms with van der Waals surface area (Å²) in [5.41, 5.74) is 4.49. The van der Waals surface area contributed by atoms with Gasteiger partial charge in [-0.1, -0.05) is 0 Å². The summed E-state index contributed by atoms with van der Waals surface area (Å²) in [5, 5.41) is 0.803. The molecular formula is C15H10FN3. The van der Waals surface area contributed by atoms with Crippen LogP contribution in [0.3, 0.4) is 0 Å². The van der Waals surface area contributed by atoms with Gasteiger partial charge in [0, 0.05) is 29.0 Å². The van der Waals surface area contributed by atoms with E-state index in [0.29, 0.717) is 0 Å². The predicted molar refractivity (Wildman–Crippen MR) is 73.3 cm³/mol. The molecule has 1 aromatic carbocycles. The zero-order chi connectivity index (χ0) is 12.8. The van der Waals surface area contributed by atoms with Crippen molar-refractivity contribution in [1.29, 1.82) is 0 Å². The minimum atomic E-state index is -0.256. The summed E-state index contributed by atoms with van der Waals surface area (Å²) in [5.74, 6) is -0.256. The molecule has 3 heterocycles. The molecule has 0 spiro atoms. The first-order chi connectivity index (χ1) is 9.33. The second-order valence-corrected chi connectivity index (χ2v) is 4.47. The van der Waals surface area contributed by atoms with Gasteiger partial charge in [-0.05, 0) is 36.4 Å². The van der Waals surface area contributed by atoms with Gasteiger partial charge in [-0.3, -0.25) is 0 Å². The maximum absolute atomic E-state index is 13.5. The third-order valence-electron chi connectivity index (χ3n) is 3.31. The maximum Gasteiger partial charge on any atom is 0.123 e. The molecule has 19 heavy (non-hydrogen) atoms. The average Bonchev–Trinajstić information content (AvgIpc) is 3.06. The van der Waals surface area contributed by atoms with E-state index >= 15 is 0 Å². The fourth-order valence-electron chi connectivity index (χ4n) is 2.49. The van der Waals surface area contributed by atoms with Crippen LogP contribution in [0, 0.1) is 5.82 Å². The van der Waals surface area contributed by atoms with Gasteiger partial charge in [0.25, 0.3) is 0 Å². The van der Waals surface area contributed by atoms with Crippen LogP contribution in [0.2, 0.25) is 0 Å². The number of pyridine rings is 1. The smallest absolute Gasteiger partial charge is 0.123 e. The number of rotatable bonds is 1. The number of fused-ring (bicyclic) bond motifs is 2. The fourth-order valence-corrected chi connectivity index (χ4v) is 2.49. The van der Waals surface area contributed by atoms with Gasteiger partial charge < -0.3 is 9.97 Å². The maximum atomic E-state index is 13.5. The lowest BCUT2D eigenvalue weighted by atomic mass is 10.0. The van der Waals surface area contributed by atoms with Crippen molar-refractivity contribution < 1.29 is 4.39 Å². The lowest BCUT2D eigenvalue weighted by Gasteiger charge is -2.07. The minimum Gasteiger partial charge on any atom is -0.361 e. The number of nitrogens with zero attached hydrogens (tertiary/aromatic N) is 1. The Balaban J connectivity index is 2.25. The topological polar surface area (TPSA) is 44.5 Å². The molecule has 92 valence electrons. The van der Waals surface area contributed by atoms with Crippen LogP contribution in [0.5, 0.6) is 0 Å². The number of aromatic amines is 2. The number of hydrogen-bond acceptors (Lipinski definition) is 1. The summed E-state index contributed by atoms with van der Waals surface area (Å²) >= 11 is 0. The number of halogens is 1. The van der Waals surface area contributed by atoms with Gasteiger partial charge in [-0.15, -0.1) is 0 Å². The zero-order valence-corrected chi connectivity index (χ0v) is 9.94. The number of benzene rings is 1. The van der Waals surface area contributed by atoms with E-state index in [0.717, 1.165) is 33.2 Å². The van der Waals surface area contributed by atoms with E-state index in [2.05, 4.69) is 15.0 Å². The third-order valence-corrected chi connectivity index (χ3v) is 3.31. The van der Waals surface area contributed by atoms with Crippen LogP contribution in [0.1, 0.15) is 0 Å². The second kappa shape index (κ2) is 3.68. The Morgan fingerprint density at radius 3 is 2.74 bits per heavy atom. The van der Waals surface area contributed by atoms with E-state index in [1.54, 1.807) is 6.07 Å². The Bertz CT molecular complexity index is 875. The monoisotopic (exact) mass is 251 g/mol. The van der Waals surface area contributed by atoms with Crippen LogP contribution in [0.15, 0.2) is 48.8 Å². The van der Waals surface area contributed by atoms with Crippen molar-refractivity contribution in [1.82, 2.24) is 15.0 Å². The average molecular weight is 251 g/mol. The minimum absolute atomic E-state index is 0.256. The van der Waals surface area contributed by atoms with Crippen molar-refractivity contribution in [2.24, 2.45) is 0 Å². The number of H-pyrrole nitrogens is 2. The van der Waals surface area contributed by atoms with Gasteiger partial charge in [0.1, 0.15) is 5.82 Å². The highest BCUT2D eigenvalue weighted by atomic mass is 19.1. The Labute approximate surface area is 108 Å². The summed E-state index contributed by atoms with van der Waals surface area (Å²) in [6.07, 6.45) is 3.70. The third kappa shape index (κ3) is 1.46. The summed E-state index contributed by atoms with van der Waals surface area (Å²) in [6, 6.07) is 10.5. The van der Waals surface area contributed by atoms with E-state index in [9.17, 15) is 4.39 Å². The highest BCUT2D eigenvalue weighted by Gasteiger charge is 2.13. The first-order valence-corrected chi connectivity index (χ1v) is 6.03. The molecule has 0 atom stereocenters. The summed E-state index contributed by atoms with van der Waals surface area (Å²) < 4.78 is 13.5. The van der Waals surface area contributed by atoms with Gasteiger partial charge in [0.05, 0.1) is 16.6 Å². The van der Waals surface area contributed by atoms with Gasteiger partial charge >= 0.3 is 0 Å². The largest absolute Gasteiger partial charge is 0.361 e. The van der Waals surface area contributed by atoms with Crippen molar-refractivity contribution in [2.75, 3.05) is 0 Å². The highest BCUT2D eigenvalue weighted by Crippen LogP contribution is 2.33. The molecule has 4 rings (SSSR count). The molecule has 3 aromatic heterocycles. The molecule has 4 heteroatoms. The van der Waals surface area contributed by atoms with Crippen molar-refractivity contribution in [2.45, 2.75) is 0 Å². The molecule has 0 saturated carbocycles. The fraction of sp³-hybridized carbons (Fsp3) is 0. The number of aromatic nitrogens is 3. The first-order valence-electron chi connectivity index (χ1n) is 6.03. The molecule has 2 N–H and O–H groups in total. The van der Waals surface area contributed by atoms with Gasteiger partial charge in [-0.2, -0.15) is 0 Å². The Hall–Kier alpha value is -2.62. The Kier molecular flexibility index (Phi) is 2.00. The molecule has 0 saturated heterocycles. The van der Waals surface area contributed by atoms with E-state index in [4.69, 9.17) is 0 Å². The molecule has 3 nitrogen and oxygen atoms in total. The quantitative estimate of drug-likeness (QED) is 0.530. The molecule has 0 bridgehead atoms. The van der Waals surface area contributed by atoms with Crippen LogP contribution in [-0.4, -0.2) is 15.0 Å².